The van der Waals surface area contributed by atoms with E-state index in [1.165, 1.54) is 11.1 Å². The van der Waals surface area contributed by atoms with Gasteiger partial charge in [-0.2, -0.15) is 0 Å². The molecule has 1 heterocycles. The Morgan fingerprint density at radius 2 is 2.12 bits per heavy atom. The van der Waals surface area contributed by atoms with Crippen molar-refractivity contribution in [3.63, 3.8) is 0 Å². The third kappa shape index (κ3) is 1.97. The molecular formula is C14H19NO. The Bertz CT molecular complexity index is 432. The minimum absolute atomic E-state index is 0.0794. The first-order valence-corrected chi connectivity index (χ1v) is 5.85. The second kappa shape index (κ2) is 3.93. The summed E-state index contributed by atoms with van der Waals surface area (Å²) in [4.78, 5) is 4.62. The summed E-state index contributed by atoms with van der Waals surface area (Å²) in [6, 6.07) is 6.34. The lowest BCUT2D eigenvalue weighted by atomic mass is 10.0. The molecule has 1 aromatic carbocycles. The van der Waals surface area contributed by atoms with Gasteiger partial charge in [-0.05, 0) is 44.4 Å². The molecule has 0 fully saturated rings. The van der Waals surface area contributed by atoms with Crippen LogP contribution in [0.4, 0.5) is 0 Å². The molecule has 2 heteroatoms. The first kappa shape index (κ1) is 11.2. The molecule has 0 spiro atoms. The average Bonchev–Trinajstić information content (AvgIpc) is 2.59. The van der Waals surface area contributed by atoms with Gasteiger partial charge < -0.3 is 4.74 Å². The lowest BCUT2D eigenvalue weighted by Gasteiger charge is -2.09. The minimum atomic E-state index is -0.0794. The number of rotatable bonds is 2. The monoisotopic (exact) mass is 217 g/mol. The van der Waals surface area contributed by atoms with Crippen molar-refractivity contribution in [3.8, 4) is 0 Å². The van der Waals surface area contributed by atoms with Gasteiger partial charge in [0.2, 0.25) is 5.90 Å². The standard InChI is InChI=1S/C14H19NO/c1-5-11-7-6-8-12(10(11)2)13-15-14(3,4)9-16-13/h6-8H,5,9H2,1-4H3. The summed E-state index contributed by atoms with van der Waals surface area (Å²) in [7, 11) is 0. The molecule has 0 saturated heterocycles. The third-order valence-electron chi connectivity index (χ3n) is 3.02. The zero-order chi connectivity index (χ0) is 11.8. The zero-order valence-corrected chi connectivity index (χ0v) is 10.5. The molecule has 0 radical (unpaired) electrons. The van der Waals surface area contributed by atoms with E-state index in [4.69, 9.17) is 4.74 Å². The molecule has 0 N–H and O–H groups in total. The average molecular weight is 217 g/mol. The molecule has 0 unspecified atom stereocenters. The molecule has 1 aliphatic heterocycles. The Morgan fingerprint density at radius 1 is 1.38 bits per heavy atom. The number of hydrogen-bond donors (Lipinski definition) is 0. The van der Waals surface area contributed by atoms with Gasteiger partial charge in [0, 0.05) is 5.56 Å². The SMILES string of the molecule is CCc1cccc(C2=NC(C)(C)CO2)c1C. The zero-order valence-electron chi connectivity index (χ0n) is 10.5. The highest BCUT2D eigenvalue weighted by molar-refractivity contribution is 5.97. The smallest absolute Gasteiger partial charge is 0.217 e. The van der Waals surface area contributed by atoms with Crippen molar-refractivity contribution in [2.75, 3.05) is 6.61 Å². The molecule has 0 bridgehead atoms. The number of hydrogen-bond acceptors (Lipinski definition) is 2. The van der Waals surface area contributed by atoms with Crippen molar-refractivity contribution >= 4 is 5.90 Å². The normalized spacial score (nSPS) is 18.1. The van der Waals surface area contributed by atoms with Crippen molar-refractivity contribution in [2.45, 2.75) is 39.7 Å². The molecular weight excluding hydrogens is 198 g/mol. The van der Waals surface area contributed by atoms with E-state index in [2.05, 4.69) is 50.9 Å². The fourth-order valence-electron chi connectivity index (χ4n) is 2.02. The van der Waals surface area contributed by atoms with Crippen LogP contribution in [0.5, 0.6) is 0 Å². The summed E-state index contributed by atoms with van der Waals surface area (Å²) in [5.41, 5.74) is 3.73. The molecule has 2 rings (SSSR count). The molecule has 1 aliphatic rings. The van der Waals surface area contributed by atoms with E-state index in [0.29, 0.717) is 6.61 Å². The van der Waals surface area contributed by atoms with E-state index in [-0.39, 0.29) is 5.54 Å². The topological polar surface area (TPSA) is 21.6 Å². The van der Waals surface area contributed by atoms with Crippen LogP contribution in [0.25, 0.3) is 0 Å². The molecule has 2 nitrogen and oxygen atoms in total. The first-order chi connectivity index (χ1) is 7.53. The van der Waals surface area contributed by atoms with Crippen LogP contribution in [0.15, 0.2) is 23.2 Å². The van der Waals surface area contributed by atoms with Crippen LogP contribution in [0, 0.1) is 6.92 Å². The number of aryl methyl sites for hydroxylation is 1. The van der Waals surface area contributed by atoms with Gasteiger partial charge in [-0.25, -0.2) is 4.99 Å². The maximum absolute atomic E-state index is 5.68. The van der Waals surface area contributed by atoms with Crippen molar-refractivity contribution in [1.29, 1.82) is 0 Å². The van der Waals surface area contributed by atoms with Gasteiger partial charge >= 0.3 is 0 Å². The Hall–Kier alpha value is -1.31. The summed E-state index contributed by atoms with van der Waals surface area (Å²) in [6.07, 6.45) is 1.05. The number of ether oxygens (including phenoxy) is 1. The van der Waals surface area contributed by atoms with Crippen LogP contribution in [-0.2, 0) is 11.2 Å². The van der Waals surface area contributed by atoms with Crippen LogP contribution in [0.3, 0.4) is 0 Å². The van der Waals surface area contributed by atoms with Crippen molar-refractivity contribution in [1.82, 2.24) is 0 Å². The second-order valence-electron chi connectivity index (χ2n) is 4.96. The Labute approximate surface area is 97.4 Å². The number of aliphatic imine (C=N–C) groups is 1. The second-order valence-corrected chi connectivity index (χ2v) is 4.96. The summed E-state index contributed by atoms with van der Waals surface area (Å²) in [6.45, 7) is 9.19. The third-order valence-corrected chi connectivity index (χ3v) is 3.02. The molecule has 0 aliphatic carbocycles. The van der Waals surface area contributed by atoms with Gasteiger partial charge in [-0.15, -0.1) is 0 Å². The van der Waals surface area contributed by atoms with Gasteiger partial charge in [0.1, 0.15) is 6.61 Å². The fraction of sp³-hybridized carbons (Fsp3) is 0.500. The summed E-state index contributed by atoms with van der Waals surface area (Å²) >= 11 is 0. The van der Waals surface area contributed by atoms with Crippen molar-refractivity contribution in [2.24, 2.45) is 4.99 Å². The molecule has 0 atom stereocenters. The van der Waals surface area contributed by atoms with Crippen molar-refractivity contribution < 1.29 is 4.74 Å². The van der Waals surface area contributed by atoms with Gasteiger partial charge in [0.05, 0.1) is 5.54 Å². The molecule has 16 heavy (non-hydrogen) atoms. The molecule has 0 amide bonds. The first-order valence-electron chi connectivity index (χ1n) is 5.85. The van der Waals surface area contributed by atoms with Crippen LogP contribution >= 0.6 is 0 Å². The molecule has 0 aromatic heterocycles. The lowest BCUT2D eigenvalue weighted by molar-refractivity contribution is 0.279. The van der Waals surface area contributed by atoms with Crippen LogP contribution in [-0.4, -0.2) is 18.0 Å². The highest BCUT2D eigenvalue weighted by atomic mass is 16.5. The summed E-state index contributed by atoms with van der Waals surface area (Å²) in [5.74, 6) is 0.804. The van der Waals surface area contributed by atoms with E-state index in [9.17, 15) is 0 Å². The van der Waals surface area contributed by atoms with Gasteiger partial charge in [-0.1, -0.05) is 19.1 Å². The summed E-state index contributed by atoms with van der Waals surface area (Å²) in [5, 5.41) is 0. The Morgan fingerprint density at radius 3 is 2.69 bits per heavy atom. The maximum Gasteiger partial charge on any atom is 0.217 e. The van der Waals surface area contributed by atoms with Crippen LogP contribution in [0.1, 0.15) is 37.5 Å². The van der Waals surface area contributed by atoms with E-state index in [1.807, 2.05) is 0 Å². The summed E-state index contributed by atoms with van der Waals surface area (Å²) < 4.78 is 5.68. The molecule has 1 aromatic rings. The van der Waals surface area contributed by atoms with E-state index in [1.54, 1.807) is 0 Å². The van der Waals surface area contributed by atoms with Crippen LogP contribution < -0.4 is 0 Å². The van der Waals surface area contributed by atoms with E-state index >= 15 is 0 Å². The highest BCUT2D eigenvalue weighted by Crippen LogP contribution is 2.23. The van der Waals surface area contributed by atoms with Crippen molar-refractivity contribution in [3.05, 3.63) is 34.9 Å². The Balaban J connectivity index is 2.42. The number of nitrogens with zero attached hydrogens (tertiary/aromatic N) is 1. The lowest BCUT2D eigenvalue weighted by Crippen LogP contribution is -2.17. The fourth-order valence-corrected chi connectivity index (χ4v) is 2.02. The largest absolute Gasteiger partial charge is 0.475 e. The quantitative estimate of drug-likeness (QED) is 0.746. The van der Waals surface area contributed by atoms with Gasteiger partial charge in [0.15, 0.2) is 0 Å². The van der Waals surface area contributed by atoms with Gasteiger partial charge in [-0.3, -0.25) is 0 Å². The van der Waals surface area contributed by atoms with Crippen LogP contribution in [0.2, 0.25) is 0 Å². The van der Waals surface area contributed by atoms with E-state index < -0.39 is 0 Å². The predicted octanol–water partition coefficient (Wildman–Crippen LogP) is 3.11. The Kier molecular flexibility index (Phi) is 2.75. The molecule has 86 valence electrons. The maximum atomic E-state index is 5.68. The molecule has 0 saturated carbocycles. The highest BCUT2D eigenvalue weighted by Gasteiger charge is 2.27. The van der Waals surface area contributed by atoms with E-state index in [0.717, 1.165) is 17.9 Å². The predicted molar refractivity (Wildman–Crippen MR) is 67.1 cm³/mol. The van der Waals surface area contributed by atoms with Gasteiger partial charge in [0.25, 0.3) is 0 Å². The minimum Gasteiger partial charge on any atom is -0.475 e. The number of benzene rings is 1.